The van der Waals surface area contributed by atoms with Crippen LogP contribution in [0.3, 0.4) is 0 Å². The Kier molecular flexibility index (Phi) is 3.44. The van der Waals surface area contributed by atoms with Gasteiger partial charge in [-0.1, -0.05) is 12.5 Å². The van der Waals surface area contributed by atoms with Gasteiger partial charge in [0.05, 0.1) is 6.61 Å². The topological polar surface area (TPSA) is 38.3 Å². The first-order chi connectivity index (χ1) is 7.79. The highest BCUT2D eigenvalue weighted by Crippen LogP contribution is 2.28. The molecule has 1 aliphatic carbocycles. The molecule has 2 rings (SSSR count). The predicted octanol–water partition coefficient (Wildman–Crippen LogP) is 2.82. The maximum absolute atomic E-state index is 11.7. The smallest absolute Gasteiger partial charge is 0.227 e. The lowest BCUT2D eigenvalue weighted by Crippen LogP contribution is -2.27. The van der Waals surface area contributed by atoms with E-state index >= 15 is 0 Å². The zero-order valence-electron chi connectivity index (χ0n) is 9.53. The normalized spacial score (nSPS) is 15.3. The van der Waals surface area contributed by atoms with Crippen molar-refractivity contribution >= 4 is 11.6 Å². The van der Waals surface area contributed by atoms with Crippen LogP contribution in [0.4, 0.5) is 5.69 Å². The van der Waals surface area contributed by atoms with Crippen LogP contribution >= 0.6 is 0 Å². The molecule has 1 saturated carbocycles. The van der Waals surface area contributed by atoms with Gasteiger partial charge in [0.25, 0.3) is 0 Å². The summed E-state index contributed by atoms with van der Waals surface area (Å²) in [6.07, 6.45) is 3.23. The number of nitrogens with one attached hydrogen (secondary N) is 1. The van der Waals surface area contributed by atoms with Crippen LogP contribution < -0.4 is 10.1 Å². The summed E-state index contributed by atoms with van der Waals surface area (Å²) in [5.74, 6) is 1.16. The van der Waals surface area contributed by atoms with E-state index in [-0.39, 0.29) is 11.8 Å². The fraction of sp³-hybridized carbons (Fsp3) is 0.462. The van der Waals surface area contributed by atoms with Crippen LogP contribution in [0.1, 0.15) is 26.2 Å². The molecule has 1 N–H and O–H groups in total. The SMILES string of the molecule is CCOc1cccc(NC(=O)C2CCC2)c1. The number of hydrogen-bond donors (Lipinski definition) is 1. The van der Waals surface area contributed by atoms with Crippen molar-refractivity contribution in [2.75, 3.05) is 11.9 Å². The molecule has 3 nitrogen and oxygen atoms in total. The molecule has 0 unspecified atom stereocenters. The summed E-state index contributed by atoms with van der Waals surface area (Å²) in [4.78, 5) is 11.7. The molecule has 86 valence electrons. The maximum atomic E-state index is 11.7. The Morgan fingerprint density at radius 1 is 1.50 bits per heavy atom. The molecule has 0 saturated heterocycles. The minimum atomic E-state index is 0.139. The third kappa shape index (κ3) is 2.54. The van der Waals surface area contributed by atoms with E-state index in [1.54, 1.807) is 0 Å². The summed E-state index contributed by atoms with van der Waals surface area (Å²) in [6, 6.07) is 7.53. The Balaban J connectivity index is 1.97. The number of hydrogen-bond acceptors (Lipinski definition) is 2. The summed E-state index contributed by atoms with van der Waals surface area (Å²) >= 11 is 0. The third-order valence-corrected chi connectivity index (χ3v) is 2.89. The van der Waals surface area contributed by atoms with Crippen molar-refractivity contribution in [2.45, 2.75) is 26.2 Å². The molecule has 1 aromatic rings. The number of benzene rings is 1. The average Bonchev–Trinajstić information content (AvgIpc) is 2.15. The molecule has 16 heavy (non-hydrogen) atoms. The number of carbonyl (C=O) groups is 1. The predicted molar refractivity (Wildman–Crippen MR) is 63.6 cm³/mol. The first-order valence-corrected chi connectivity index (χ1v) is 5.83. The molecular formula is C13H17NO2. The summed E-state index contributed by atoms with van der Waals surface area (Å²) in [6.45, 7) is 2.58. The molecule has 1 aromatic carbocycles. The summed E-state index contributed by atoms with van der Waals surface area (Å²) in [7, 11) is 0. The fourth-order valence-electron chi connectivity index (χ4n) is 1.75. The quantitative estimate of drug-likeness (QED) is 0.845. The number of ether oxygens (including phenoxy) is 1. The van der Waals surface area contributed by atoms with E-state index in [1.807, 2.05) is 31.2 Å². The van der Waals surface area contributed by atoms with Crippen LogP contribution in [-0.4, -0.2) is 12.5 Å². The highest BCUT2D eigenvalue weighted by molar-refractivity contribution is 5.93. The maximum Gasteiger partial charge on any atom is 0.227 e. The summed E-state index contributed by atoms with van der Waals surface area (Å²) in [5.41, 5.74) is 0.822. The van der Waals surface area contributed by atoms with Gasteiger partial charge in [0.1, 0.15) is 5.75 Å². The second-order valence-corrected chi connectivity index (χ2v) is 4.08. The van der Waals surface area contributed by atoms with Crippen molar-refractivity contribution in [3.05, 3.63) is 24.3 Å². The minimum absolute atomic E-state index is 0.139. The van der Waals surface area contributed by atoms with Gasteiger partial charge in [-0.25, -0.2) is 0 Å². The number of carbonyl (C=O) groups excluding carboxylic acids is 1. The molecular weight excluding hydrogens is 202 g/mol. The van der Waals surface area contributed by atoms with E-state index in [0.29, 0.717) is 6.61 Å². The number of anilines is 1. The number of rotatable bonds is 4. The molecule has 1 amide bonds. The Morgan fingerprint density at radius 3 is 2.94 bits per heavy atom. The van der Waals surface area contributed by atoms with E-state index in [9.17, 15) is 4.79 Å². The van der Waals surface area contributed by atoms with Crippen LogP contribution in [0.5, 0.6) is 5.75 Å². The van der Waals surface area contributed by atoms with Crippen molar-refractivity contribution < 1.29 is 9.53 Å². The summed E-state index contributed by atoms with van der Waals surface area (Å²) in [5, 5.41) is 2.92. The van der Waals surface area contributed by atoms with Crippen LogP contribution in [0.15, 0.2) is 24.3 Å². The van der Waals surface area contributed by atoms with Gasteiger partial charge in [-0.15, -0.1) is 0 Å². The largest absolute Gasteiger partial charge is 0.494 e. The standard InChI is InChI=1S/C13H17NO2/c1-2-16-12-8-4-7-11(9-12)14-13(15)10-5-3-6-10/h4,7-10H,2-3,5-6H2,1H3,(H,14,15). The van der Waals surface area contributed by atoms with Crippen molar-refractivity contribution in [1.82, 2.24) is 0 Å². The Morgan fingerprint density at radius 2 is 2.31 bits per heavy atom. The Bertz CT molecular complexity index is 372. The molecule has 3 heteroatoms. The van der Waals surface area contributed by atoms with Gasteiger partial charge < -0.3 is 10.1 Å². The van der Waals surface area contributed by atoms with E-state index in [0.717, 1.165) is 24.3 Å². The van der Waals surface area contributed by atoms with Crippen molar-refractivity contribution in [1.29, 1.82) is 0 Å². The highest BCUT2D eigenvalue weighted by Gasteiger charge is 2.25. The van der Waals surface area contributed by atoms with E-state index in [2.05, 4.69) is 5.32 Å². The van der Waals surface area contributed by atoms with E-state index in [4.69, 9.17) is 4.74 Å². The van der Waals surface area contributed by atoms with Gasteiger partial charge in [0.2, 0.25) is 5.91 Å². The van der Waals surface area contributed by atoms with Gasteiger partial charge in [0.15, 0.2) is 0 Å². The zero-order valence-corrected chi connectivity index (χ0v) is 9.53. The van der Waals surface area contributed by atoms with Gasteiger partial charge in [-0.05, 0) is 31.9 Å². The van der Waals surface area contributed by atoms with Crippen LogP contribution in [0, 0.1) is 5.92 Å². The van der Waals surface area contributed by atoms with Crippen molar-refractivity contribution in [3.63, 3.8) is 0 Å². The lowest BCUT2D eigenvalue weighted by Gasteiger charge is -2.24. The lowest BCUT2D eigenvalue weighted by molar-refractivity contribution is -0.122. The number of amides is 1. The molecule has 0 aliphatic heterocycles. The average molecular weight is 219 g/mol. The zero-order chi connectivity index (χ0) is 11.4. The molecule has 0 atom stereocenters. The second kappa shape index (κ2) is 5.01. The van der Waals surface area contributed by atoms with Crippen LogP contribution in [-0.2, 0) is 4.79 Å². The molecule has 0 aromatic heterocycles. The minimum Gasteiger partial charge on any atom is -0.494 e. The first-order valence-electron chi connectivity index (χ1n) is 5.83. The highest BCUT2D eigenvalue weighted by atomic mass is 16.5. The van der Waals surface area contributed by atoms with Crippen LogP contribution in [0.2, 0.25) is 0 Å². The van der Waals surface area contributed by atoms with Crippen molar-refractivity contribution in [3.8, 4) is 5.75 Å². The molecule has 0 spiro atoms. The monoisotopic (exact) mass is 219 g/mol. The van der Waals surface area contributed by atoms with Gasteiger partial charge >= 0.3 is 0 Å². The van der Waals surface area contributed by atoms with Gasteiger partial charge in [-0.2, -0.15) is 0 Å². The van der Waals surface area contributed by atoms with Gasteiger partial charge in [0, 0.05) is 17.7 Å². The van der Waals surface area contributed by atoms with E-state index in [1.165, 1.54) is 6.42 Å². The molecule has 1 fully saturated rings. The lowest BCUT2D eigenvalue weighted by atomic mass is 9.85. The molecule has 1 aliphatic rings. The fourth-order valence-corrected chi connectivity index (χ4v) is 1.75. The van der Waals surface area contributed by atoms with Gasteiger partial charge in [-0.3, -0.25) is 4.79 Å². The van der Waals surface area contributed by atoms with Crippen molar-refractivity contribution in [2.24, 2.45) is 5.92 Å². The second-order valence-electron chi connectivity index (χ2n) is 4.08. The third-order valence-electron chi connectivity index (χ3n) is 2.89. The molecule has 0 heterocycles. The summed E-state index contributed by atoms with van der Waals surface area (Å²) < 4.78 is 5.38. The van der Waals surface area contributed by atoms with E-state index < -0.39 is 0 Å². The van der Waals surface area contributed by atoms with Crippen LogP contribution in [0.25, 0.3) is 0 Å². The molecule has 0 bridgehead atoms. The Hall–Kier alpha value is -1.51. The Labute approximate surface area is 95.8 Å². The first kappa shape index (κ1) is 11.0. The molecule has 0 radical (unpaired) electrons.